The SMILES string of the molecule is CCCC1CCC(N)C(Oc2cccc3ncccc23)C1. The fraction of sp³-hybridized carbons (Fsp3) is 0.500. The van der Waals surface area contributed by atoms with E-state index in [0.29, 0.717) is 0 Å². The van der Waals surface area contributed by atoms with Crippen LogP contribution in [0.3, 0.4) is 0 Å². The Kier molecular flexibility index (Phi) is 4.39. The molecule has 0 amide bonds. The molecular formula is C18H24N2O. The van der Waals surface area contributed by atoms with Crippen molar-refractivity contribution in [2.45, 2.75) is 51.2 Å². The minimum Gasteiger partial charge on any atom is -0.488 e. The van der Waals surface area contributed by atoms with Gasteiger partial charge in [-0.3, -0.25) is 4.98 Å². The van der Waals surface area contributed by atoms with Gasteiger partial charge in [0.25, 0.3) is 0 Å². The van der Waals surface area contributed by atoms with Gasteiger partial charge in [0, 0.05) is 17.6 Å². The molecule has 0 bridgehead atoms. The normalized spacial score (nSPS) is 25.9. The summed E-state index contributed by atoms with van der Waals surface area (Å²) in [5.74, 6) is 1.67. The lowest BCUT2D eigenvalue weighted by Gasteiger charge is -2.34. The molecular weight excluding hydrogens is 260 g/mol. The Morgan fingerprint density at radius 2 is 2.14 bits per heavy atom. The van der Waals surface area contributed by atoms with Crippen molar-refractivity contribution in [1.29, 1.82) is 0 Å². The summed E-state index contributed by atoms with van der Waals surface area (Å²) < 4.78 is 6.29. The molecule has 0 radical (unpaired) electrons. The smallest absolute Gasteiger partial charge is 0.129 e. The van der Waals surface area contributed by atoms with Gasteiger partial charge >= 0.3 is 0 Å². The van der Waals surface area contributed by atoms with Gasteiger partial charge in [0.1, 0.15) is 11.9 Å². The number of hydrogen-bond acceptors (Lipinski definition) is 3. The number of pyridine rings is 1. The third kappa shape index (κ3) is 3.18. The zero-order chi connectivity index (χ0) is 14.7. The molecule has 1 saturated carbocycles. The Morgan fingerprint density at radius 3 is 3.00 bits per heavy atom. The van der Waals surface area contributed by atoms with Crippen LogP contribution in [0.2, 0.25) is 0 Å². The van der Waals surface area contributed by atoms with E-state index >= 15 is 0 Å². The number of benzene rings is 1. The molecule has 2 N–H and O–H groups in total. The van der Waals surface area contributed by atoms with Gasteiger partial charge in [-0.25, -0.2) is 0 Å². The topological polar surface area (TPSA) is 48.1 Å². The highest BCUT2D eigenvalue weighted by atomic mass is 16.5. The summed E-state index contributed by atoms with van der Waals surface area (Å²) in [5, 5.41) is 1.07. The number of rotatable bonds is 4. The zero-order valence-electron chi connectivity index (χ0n) is 12.7. The molecule has 21 heavy (non-hydrogen) atoms. The van der Waals surface area contributed by atoms with Crippen LogP contribution in [0.1, 0.15) is 39.0 Å². The minimum absolute atomic E-state index is 0.126. The van der Waals surface area contributed by atoms with Gasteiger partial charge in [-0.15, -0.1) is 0 Å². The Labute approximate surface area is 126 Å². The first-order chi connectivity index (χ1) is 10.3. The molecule has 112 valence electrons. The van der Waals surface area contributed by atoms with E-state index in [9.17, 15) is 0 Å². The summed E-state index contributed by atoms with van der Waals surface area (Å²) in [7, 11) is 0. The molecule has 0 saturated heterocycles. The van der Waals surface area contributed by atoms with Crippen LogP contribution in [0.25, 0.3) is 10.9 Å². The van der Waals surface area contributed by atoms with Crippen LogP contribution in [0.15, 0.2) is 36.5 Å². The summed E-state index contributed by atoms with van der Waals surface area (Å²) in [6, 6.07) is 10.2. The average molecular weight is 284 g/mol. The van der Waals surface area contributed by atoms with Crippen LogP contribution >= 0.6 is 0 Å². The van der Waals surface area contributed by atoms with Gasteiger partial charge in [0.2, 0.25) is 0 Å². The maximum absolute atomic E-state index is 6.29. The molecule has 2 aromatic rings. The van der Waals surface area contributed by atoms with Crippen molar-refractivity contribution in [3.63, 3.8) is 0 Å². The van der Waals surface area contributed by atoms with E-state index in [1.54, 1.807) is 0 Å². The number of nitrogens with two attached hydrogens (primary N) is 1. The summed E-state index contributed by atoms with van der Waals surface area (Å²) in [6.07, 6.45) is 7.85. The van der Waals surface area contributed by atoms with Gasteiger partial charge in [-0.2, -0.15) is 0 Å². The summed E-state index contributed by atoms with van der Waals surface area (Å²) in [4.78, 5) is 4.39. The van der Waals surface area contributed by atoms with Crippen LogP contribution in [-0.2, 0) is 0 Å². The van der Waals surface area contributed by atoms with Crippen molar-refractivity contribution in [3.8, 4) is 5.75 Å². The van der Waals surface area contributed by atoms with Crippen molar-refractivity contribution < 1.29 is 4.74 Å². The van der Waals surface area contributed by atoms with Crippen LogP contribution in [0.4, 0.5) is 0 Å². The van der Waals surface area contributed by atoms with Crippen LogP contribution < -0.4 is 10.5 Å². The fourth-order valence-corrected chi connectivity index (χ4v) is 3.38. The molecule has 0 spiro atoms. The maximum Gasteiger partial charge on any atom is 0.129 e. The molecule has 3 atom stereocenters. The highest BCUT2D eigenvalue weighted by Gasteiger charge is 2.29. The molecule has 1 aliphatic carbocycles. The van der Waals surface area contributed by atoms with Gasteiger partial charge in [-0.1, -0.05) is 25.8 Å². The fourth-order valence-electron chi connectivity index (χ4n) is 3.38. The second-order valence-electron chi connectivity index (χ2n) is 6.11. The molecule has 0 aliphatic heterocycles. The first-order valence-electron chi connectivity index (χ1n) is 8.04. The highest BCUT2D eigenvalue weighted by molar-refractivity contribution is 5.84. The van der Waals surface area contributed by atoms with Crippen LogP contribution in [-0.4, -0.2) is 17.1 Å². The van der Waals surface area contributed by atoms with E-state index in [-0.39, 0.29) is 12.1 Å². The first-order valence-corrected chi connectivity index (χ1v) is 8.04. The average Bonchev–Trinajstić information content (AvgIpc) is 2.51. The van der Waals surface area contributed by atoms with Gasteiger partial charge in [0.15, 0.2) is 0 Å². The number of fused-ring (bicyclic) bond motifs is 1. The lowest BCUT2D eigenvalue weighted by Crippen LogP contribution is -2.43. The Hall–Kier alpha value is -1.61. The molecule has 3 nitrogen and oxygen atoms in total. The monoisotopic (exact) mass is 284 g/mol. The predicted octanol–water partition coefficient (Wildman–Crippen LogP) is 3.91. The van der Waals surface area contributed by atoms with E-state index in [2.05, 4.69) is 18.0 Å². The summed E-state index contributed by atoms with van der Waals surface area (Å²) >= 11 is 0. The Bertz CT molecular complexity index is 593. The van der Waals surface area contributed by atoms with Crippen LogP contribution in [0.5, 0.6) is 5.75 Å². The molecule has 1 heterocycles. The Balaban J connectivity index is 1.80. The predicted molar refractivity (Wildman–Crippen MR) is 86.4 cm³/mol. The van der Waals surface area contributed by atoms with Crippen molar-refractivity contribution in [1.82, 2.24) is 4.98 Å². The van der Waals surface area contributed by atoms with Crippen molar-refractivity contribution in [2.75, 3.05) is 0 Å². The summed E-state index contributed by atoms with van der Waals surface area (Å²) in [6.45, 7) is 2.25. The standard InChI is InChI=1S/C18H24N2O/c1-2-5-13-9-10-15(19)18(12-13)21-17-8-3-7-16-14(17)6-4-11-20-16/h3-4,6-8,11,13,15,18H,2,5,9-10,12,19H2,1H3. The van der Waals surface area contributed by atoms with E-state index in [0.717, 1.165) is 35.4 Å². The minimum atomic E-state index is 0.126. The van der Waals surface area contributed by atoms with Crippen molar-refractivity contribution >= 4 is 10.9 Å². The highest BCUT2D eigenvalue weighted by Crippen LogP contribution is 2.32. The largest absolute Gasteiger partial charge is 0.488 e. The summed E-state index contributed by atoms with van der Waals surface area (Å²) in [5.41, 5.74) is 7.27. The number of nitrogens with zero attached hydrogens (tertiary/aromatic N) is 1. The quantitative estimate of drug-likeness (QED) is 0.926. The molecule has 1 fully saturated rings. The molecule has 3 rings (SSSR count). The van der Waals surface area contributed by atoms with Gasteiger partial charge in [-0.05, 0) is 49.4 Å². The second kappa shape index (κ2) is 6.44. The molecule has 3 heteroatoms. The van der Waals surface area contributed by atoms with Crippen LogP contribution in [0, 0.1) is 5.92 Å². The lowest BCUT2D eigenvalue weighted by atomic mass is 9.82. The van der Waals surface area contributed by atoms with Crippen molar-refractivity contribution in [3.05, 3.63) is 36.5 Å². The third-order valence-electron chi connectivity index (χ3n) is 4.53. The van der Waals surface area contributed by atoms with Gasteiger partial charge in [0.05, 0.1) is 5.52 Å². The first kappa shape index (κ1) is 14.3. The molecule has 1 aromatic heterocycles. The number of aromatic nitrogens is 1. The molecule has 1 aromatic carbocycles. The van der Waals surface area contributed by atoms with Crippen molar-refractivity contribution in [2.24, 2.45) is 11.7 Å². The zero-order valence-corrected chi connectivity index (χ0v) is 12.7. The maximum atomic E-state index is 6.29. The molecule has 1 aliphatic rings. The number of ether oxygens (including phenoxy) is 1. The second-order valence-corrected chi connectivity index (χ2v) is 6.11. The van der Waals surface area contributed by atoms with E-state index < -0.39 is 0 Å². The van der Waals surface area contributed by atoms with Gasteiger partial charge < -0.3 is 10.5 Å². The lowest BCUT2D eigenvalue weighted by molar-refractivity contribution is 0.101. The molecule has 3 unspecified atom stereocenters. The Morgan fingerprint density at radius 1 is 1.24 bits per heavy atom. The van der Waals surface area contributed by atoms with E-state index in [1.165, 1.54) is 19.3 Å². The number of hydrogen-bond donors (Lipinski definition) is 1. The van der Waals surface area contributed by atoms with E-state index in [1.807, 2.05) is 30.5 Å². The third-order valence-corrected chi connectivity index (χ3v) is 4.53. The van der Waals surface area contributed by atoms with E-state index in [4.69, 9.17) is 10.5 Å².